The van der Waals surface area contributed by atoms with Crippen LogP contribution in [0.15, 0.2) is 0 Å². The van der Waals surface area contributed by atoms with Crippen LogP contribution >= 0.6 is 0 Å². The van der Waals surface area contributed by atoms with Crippen molar-refractivity contribution in [3.05, 3.63) is 11.5 Å². The lowest BCUT2D eigenvalue weighted by Gasteiger charge is -2.16. The highest BCUT2D eigenvalue weighted by molar-refractivity contribution is 5.43. The standard InChI is InChI=1S/C12H21N3/c1-5-9-14-10(12(2,3)4)11(13)15(9)8-6-7-8/h8H,5-7,13H2,1-4H3. The number of hydrogen-bond donors (Lipinski definition) is 1. The van der Waals surface area contributed by atoms with Gasteiger partial charge in [0, 0.05) is 17.9 Å². The van der Waals surface area contributed by atoms with Gasteiger partial charge < -0.3 is 10.3 Å². The number of aryl methyl sites for hydroxylation is 1. The summed E-state index contributed by atoms with van der Waals surface area (Å²) < 4.78 is 2.25. The van der Waals surface area contributed by atoms with E-state index >= 15 is 0 Å². The van der Waals surface area contributed by atoms with E-state index in [4.69, 9.17) is 10.7 Å². The van der Waals surface area contributed by atoms with Gasteiger partial charge in [0.15, 0.2) is 0 Å². The van der Waals surface area contributed by atoms with E-state index in [9.17, 15) is 0 Å². The predicted octanol–water partition coefficient (Wildman–Crippen LogP) is 2.66. The van der Waals surface area contributed by atoms with E-state index in [1.807, 2.05) is 0 Å². The third-order valence-corrected chi connectivity index (χ3v) is 2.96. The van der Waals surface area contributed by atoms with Gasteiger partial charge in [0.1, 0.15) is 11.6 Å². The van der Waals surface area contributed by atoms with Crippen LogP contribution in [-0.4, -0.2) is 9.55 Å². The molecule has 1 fully saturated rings. The highest BCUT2D eigenvalue weighted by Gasteiger charge is 2.32. The minimum Gasteiger partial charge on any atom is -0.384 e. The second-order valence-electron chi connectivity index (χ2n) is 5.47. The number of aromatic nitrogens is 2. The molecule has 0 radical (unpaired) electrons. The van der Waals surface area contributed by atoms with Crippen molar-refractivity contribution in [2.75, 3.05) is 5.73 Å². The van der Waals surface area contributed by atoms with E-state index < -0.39 is 0 Å². The lowest BCUT2D eigenvalue weighted by Crippen LogP contribution is -2.15. The van der Waals surface area contributed by atoms with Crippen molar-refractivity contribution in [2.45, 2.75) is 58.4 Å². The van der Waals surface area contributed by atoms with Crippen molar-refractivity contribution in [1.29, 1.82) is 0 Å². The lowest BCUT2D eigenvalue weighted by atomic mass is 9.92. The Bertz CT molecular complexity index is 367. The third-order valence-electron chi connectivity index (χ3n) is 2.96. The average Bonchev–Trinajstić information content (AvgIpc) is 2.88. The molecule has 1 aromatic rings. The van der Waals surface area contributed by atoms with Crippen LogP contribution in [0.5, 0.6) is 0 Å². The fourth-order valence-corrected chi connectivity index (χ4v) is 2.03. The van der Waals surface area contributed by atoms with Crippen LogP contribution in [0, 0.1) is 0 Å². The van der Waals surface area contributed by atoms with E-state index in [1.165, 1.54) is 12.8 Å². The maximum atomic E-state index is 6.21. The van der Waals surface area contributed by atoms with Gasteiger partial charge in [0.25, 0.3) is 0 Å². The van der Waals surface area contributed by atoms with Crippen LogP contribution in [0.4, 0.5) is 5.82 Å². The Morgan fingerprint density at radius 3 is 2.40 bits per heavy atom. The first-order chi connectivity index (χ1) is 6.95. The molecule has 84 valence electrons. The van der Waals surface area contributed by atoms with Crippen LogP contribution < -0.4 is 5.73 Å². The fourth-order valence-electron chi connectivity index (χ4n) is 2.03. The van der Waals surface area contributed by atoms with E-state index in [-0.39, 0.29) is 5.41 Å². The highest BCUT2D eigenvalue weighted by Crippen LogP contribution is 2.40. The zero-order valence-corrected chi connectivity index (χ0v) is 10.2. The molecule has 1 heterocycles. The van der Waals surface area contributed by atoms with Crippen molar-refractivity contribution in [1.82, 2.24) is 9.55 Å². The number of imidazole rings is 1. The van der Waals surface area contributed by atoms with Gasteiger partial charge in [-0.15, -0.1) is 0 Å². The van der Waals surface area contributed by atoms with E-state index in [2.05, 4.69) is 32.3 Å². The van der Waals surface area contributed by atoms with Crippen LogP contribution in [0.3, 0.4) is 0 Å². The minimum absolute atomic E-state index is 0.0497. The Morgan fingerprint density at radius 1 is 1.40 bits per heavy atom. The second kappa shape index (κ2) is 3.26. The molecular formula is C12H21N3. The molecule has 0 amide bonds. The molecule has 1 saturated carbocycles. The van der Waals surface area contributed by atoms with Crippen molar-refractivity contribution in [3.8, 4) is 0 Å². The number of nitrogen functional groups attached to an aromatic ring is 1. The smallest absolute Gasteiger partial charge is 0.127 e. The number of anilines is 1. The molecule has 3 heteroatoms. The third kappa shape index (κ3) is 1.75. The Hall–Kier alpha value is -0.990. The Morgan fingerprint density at radius 2 is 2.00 bits per heavy atom. The summed E-state index contributed by atoms with van der Waals surface area (Å²) in [6, 6.07) is 0.628. The van der Waals surface area contributed by atoms with Crippen molar-refractivity contribution in [3.63, 3.8) is 0 Å². The van der Waals surface area contributed by atoms with Crippen molar-refractivity contribution in [2.24, 2.45) is 0 Å². The summed E-state index contributed by atoms with van der Waals surface area (Å²) in [5.41, 5.74) is 7.32. The van der Waals surface area contributed by atoms with Crippen LogP contribution in [0.1, 0.15) is 58.1 Å². The normalized spacial score (nSPS) is 17.1. The molecule has 0 atom stereocenters. The Balaban J connectivity index is 2.49. The first-order valence-corrected chi connectivity index (χ1v) is 5.82. The largest absolute Gasteiger partial charge is 0.384 e. The summed E-state index contributed by atoms with van der Waals surface area (Å²) in [6.07, 6.45) is 3.49. The van der Waals surface area contributed by atoms with E-state index in [0.29, 0.717) is 6.04 Å². The van der Waals surface area contributed by atoms with Gasteiger partial charge in [-0.05, 0) is 12.8 Å². The summed E-state index contributed by atoms with van der Waals surface area (Å²) >= 11 is 0. The molecule has 0 unspecified atom stereocenters. The molecule has 0 spiro atoms. The Kier molecular flexibility index (Phi) is 2.28. The van der Waals surface area contributed by atoms with Gasteiger partial charge in [0.05, 0.1) is 5.69 Å². The van der Waals surface area contributed by atoms with Crippen LogP contribution in [0.25, 0.3) is 0 Å². The van der Waals surface area contributed by atoms with Gasteiger partial charge in [-0.25, -0.2) is 4.98 Å². The van der Waals surface area contributed by atoms with Crippen molar-refractivity contribution < 1.29 is 0 Å². The summed E-state index contributed by atoms with van der Waals surface area (Å²) in [7, 11) is 0. The minimum atomic E-state index is 0.0497. The molecular weight excluding hydrogens is 186 g/mol. The predicted molar refractivity (Wildman–Crippen MR) is 63.0 cm³/mol. The molecule has 0 bridgehead atoms. The number of nitrogens with zero attached hydrogens (tertiary/aromatic N) is 2. The summed E-state index contributed by atoms with van der Waals surface area (Å²) in [5.74, 6) is 2.04. The van der Waals surface area contributed by atoms with Crippen molar-refractivity contribution >= 4 is 5.82 Å². The van der Waals surface area contributed by atoms with E-state index in [0.717, 1.165) is 23.8 Å². The number of hydrogen-bond acceptors (Lipinski definition) is 2. The van der Waals surface area contributed by atoms with Gasteiger partial charge in [-0.1, -0.05) is 27.7 Å². The number of rotatable bonds is 2. The zero-order valence-electron chi connectivity index (χ0n) is 10.2. The highest BCUT2D eigenvalue weighted by atomic mass is 15.2. The zero-order chi connectivity index (χ0) is 11.2. The fraction of sp³-hybridized carbons (Fsp3) is 0.750. The molecule has 0 aliphatic heterocycles. The monoisotopic (exact) mass is 207 g/mol. The van der Waals surface area contributed by atoms with Gasteiger partial charge in [0.2, 0.25) is 0 Å². The molecule has 15 heavy (non-hydrogen) atoms. The molecule has 1 aromatic heterocycles. The van der Waals surface area contributed by atoms with Gasteiger partial charge in [-0.3, -0.25) is 0 Å². The molecule has 1 aliphatic rings. The van der Waals surface area contributed by atoms with E-state index in [1.54, 1.807) is 0 Å². The maximum Gasteiger partial charge on any atom is 0.127 e. The number of nitrogens with two attached hydrogens (primary N) is 1. The molecule has 0 aromatic carbocycles. The Labute approximate surface area is 91.7 Å². The summed E-state index contributed by atoms with van der Waals surface area (Å²) in [6.45, 7) is 8.65. The molecule has 1 aliphatic carbocycles. The molecule has 2 N–H and O–H groups in total. The molecule has 0 saturated heterocycles. The molecule has 3 nitrogen and oxygen atoms in total. The van der Waals surface area contributed by atoms with Crippen LogP contribution in [0.2, 0.25) is 0 Å². The quantitative estimate of drug-likeness (QED) is 0.810. The maximum absolute atomic E-state index is 6.21. The second-order valence-corrected chi connectivity index (χ2v) is 5.47. The molecule has 2 rings (SSSR count). The SMILES string of the molecule is CCc1nc(C(C)(C)C)c(N)n1C1CC1. The van der Waals surface area contributed by atoms with Gasteiger partial charge in [-0.2, -0.15) is 0 Å². The van der Waals surface area contributed by atoms with Gasteiger partial charge >= 0.3 is 0 Å². The summed E-state index contributed by atoms with van der Waals surface area (Å²) in [5, 5.41) is 0. The lowest BCUT2D eigenvalue weighted by molar-refractivity contribution is 0.573. The summed E-state index contributed by atoms with van der Waals surface area (Å²) in [4.78, 5) is 4.70. The first-order valence-electron chi connectivity index (χ1n) is 5.82. The first kappa shape index (κ1) is 10.5. The topological polar surface area (TPSA) is 43.8 Å². The average molecular weight is 207 g/mol. The van der Waals surface area contributed by atoms with Crippen LogP contribution in [-0.2, 0) is 11.8 Å².